The minimum absolute atomic E-state index is 0.169. The van der Waals surface area contributed by atoms with Gasteiger partial charge in [0.2, 0.25) is 0 Å². The molecule has 0 saturated carbocycles. The summed E-state index contributed by atoms with van der Waals surface area (Å²) in [6.07, 6.45) is 0.718. The molecule has 1 aromatic rings. The molecule has 16 heavy (non-hydrogen) atoms. The Labute approximate surface area is 95.4 Å². The highest BCUT2D eigenvalue weighted by Gasteiger charge is 2.27. The number of carbonyl (C=O) groups is 1. The molecule has 0 spiro atoms. The van der Waals surface area contributed by atoms with E-state index >= 15 is 0 Å². The number of benzene rings is 1. The highest BCUT2D eigenvalue weighted by molar-refractivity contribution is 5.73. The predicted molar refractivity (Wildman–Crippen MR) is 60.6 cm³/mol. The van der Waals surface area contributed by atoms with Crippen LogP contribution in [0.25, 0.3) is 0 Å². The molecule has 1 aromatic carbocycles. The van der Waals surface area contributed by atoms with Crippen LogP contribution in [0.4, 0.5) is 0 Å². The molecule has 1 atom stereocenters. The number of hydrogen-bond donors (Lipinski definition) is 0. The van der Waals surface area contributed by atoms with Crippen LogP contribution in [0.15, 0.2) is 12.1 Å². The van der Waals surface area contributed by atoms with Crippen molar-refractivity contribution in [3.05, 3.63) is 28.8 Å². The van der Waals surface area contributed by atoms with Crippen LogP contribution in [-0.2, 0) is 16.0 Å². The van der Waals surface area contributed by atoms with Gasteiger partial charge in [0, 0.05) is 0 Å². The van der Waals surface area contributed by atoms with Crippen molar-refractivity contribution in [1.82, 2.24) is 0 Å². The van der Waals surface area contributed by atoms with E-state index < -0.39 is 0 Å². The first kappa shape index (κ1) is 11.0. The van der Waals surface area contributed by atoms with Crippen LogP contribution in [0.5, 0.6) is 5.75 Å². The molecular formula is C13H16O3. The second kappa shape index (κ2) is 4.16. The summed E-state index contributed by atoms with van der Waals surface area (Å²) in [5, 5.41) is 0. The average Bonchev–Trinajstić information content (AvgIpc) is 2.32. The molecule has 0 aliphatic carbocycles. The number of carbonyl (C=O) groups excluding carboxylic acids is 1. The Morgan fingerprint density at radius 3 is 2.88 bits per heavy atom. The Balaban J connectivity index is 2.32. The molecule has 0 amide bonds. The summed E-state index contributed by atoms with van der Waals surface area (Å²) in [6, 6.07) is 4.03. The monoisotopic (exact) mass is 220 g/mol. The highest BCUT2D eigenvalue weighted by Crippen LogP contribution is 2.31. The molecule has 3 heteroatoms. The molecule has 0 fully saturated rings. The fourth-order valence-electron chi connectivity index (χ4n) is 2.05. The molecule has 1 unspecified atom stereocenters. The summed E-state index contributed by atoms with van der Waals surface area (Å²) in [7, 11) is 1.42. The van der Waals surface area contributed by atoms with Crippen molar-refractivity contribution in [3.63, 3.8) is 0 Å². The van der Waals surface area contributed by atoms with Gasteiger partial charge in [0.1, 0.15) is 12.4 Å². The lowest BCUT2D eigenvalue weighted by Gasteiger charge is -2.25. The van der Waals surface area contributed by atoms with E-state index in [9.17, 15) is 4.79 Å². The maximum Gasteiger partial charge on any atom is 0.312 e. The maximum absolute atomic E-state index is 11.5. The van der Waals surface area contributed by atoms with Crippen molar-refractivity contribution in [2.45, 2.75) is 20.3 Å². The standard InChI is InChI=1S/C13H16O3/c1-8-4-5-12-11(9(8)2)6-10(7-16-12)13(14)15-3/h4-5,10H,6-7H2,1-3H3. The molecule has 1 heterocycles. The Morgan fingerprint density at radius 2 is 2.19 bits per heavy atom. The topological polar surface area (TPSA) is 35.5 Å². The largest absolute Gasteiger partial charge is 0.492 e. The number of esters is 1. The van der Waals surface area contributed by atoms with Gasteiger partial charge in [-0.05, 0) is 43.0 Å². The molecule has 1 aliphatic heterocycles. The van der Waals surface area contributed by atoms with Crippen molar-refractivity contribution in [2.75, 3.05) is 13.7 Å². The lowest BCUT2D eigenvalue weighted by molar-refractivity contribution is -0.146. The number of fused-ring (bicyclic) bond motifs is 1. The number of ether oxygens (including phenoxy) is 2. The molecule has 86 valence electrons. The van der Waals surface area contributed by atoms with Crippen molar-refractivity contribution >= 4 is 5.97 Å². The number of rotatable bonds is 1. The normalized spacial score (nSPS) is 18.6. The van der Waals surface area contributed by atoms with Crippen molar-refractivity contribution in [3.8, 4) is 5.75 Å². The predicted octanol–water partition coefficient (Wildman–Crippen LogP) is 2.03. The van der Waals surface area contributed by atoms with E-state index in [-0.39, 0.29) is 11.9 Å². The zero-order valence-electron chi connectivity index (χ0n) is 9.87. The minimum atomic E-state index is -0.188. The van der Waals surface area contributed by atoms with E-state index in [1.165, 1.54) is 18.2 Å². The van der Waals surface area contributed by atoms with Crippen LogP contribution >= 0.6 is 0 Å². The van der Waals surface area contributed by atoms with Crippen molar-refractivity contribution in [2.24, 2.45) is 5.92 Å². The summed E-state index contributed by atoms with van der Waals surface area (Å²) in [4.78, 5) is 11.5. The Kier molecular flexibility index (Phi) is 2.86. The summed E-state index contributed by atoms with van der Waals surface area (Å²) in [5.41, 5.74) is 3.58. The Hall–Kier alpha value is -1.51. The van der Waals surface area contributed by atoms with Crippen LogP contribution < -0.4 is 4.74 Å². The van der Waals surface area contributed by atoms with E-state index in [4.69, 9.17) is 9.47 Å². The zero-order valence-corrected chi connectivity index (χ0v) is 9.87. The molecule has 0 aromatic heterocycles. The molecule has 0 N–H and O–H groups in total. The quantitative estimate of drug-likeness (QED) is 0.679. The Morgan fingerprint density at radius 1 is 1.44 bits per heavy atom. The van der Waals surface area contributed by atoms with Crippen molar-refractivity contribution < 1.29 is 14.3 Å². The summed E-state index contributed by atoms with van der Waals surface area (Å²) in [6.45, 7) is 4.55. The lowest BCUT2D eigenvalue weighted by atomic mass is 9.91. The summed E-state index contributed by atoms with van der Waals surface area (Å²) < 4.78 is 10.3. The molecule has 3 nitrogen and oxygen atoms in total. The lowest BCUT2D eigenvalue weighted by Crippen LogP contribution is -2.29. The van der Waals surface area contributed by atoms with Gasteiger partial charge in [-0.15, -0.1) is 0 Å². The number of hydrogen-bond acceptors (Lipinski definition) is 3. The molecule has 0 bridgehead atoms. The van der Waals surface area contributed by atoms with E-state index in [1.807, 2.05) is 12.1 Å². The molecular weight excluding hydrogens is 204 g/mol. The van der Waals surface area contributed by atoms with Gasteiger partial charge in [0.25, 0.3) is 0 Å². The van der Waals surface area contributed by atoms with Crippen molar-refractivity contribution in [1.29, 1.82) is 0 Å². The van der Waals surface area contributed by atoms with Crippen LogP contribution in [0.3, 0.4) is 0 Å². The van der Waals surface area contributed by atoms with E-state index in [0.29, 0.717) is 6.61 Å². The van der Waals surface area contributed by atoms with Gasteiger partial charge in [-0.3, -0.25) is 4.79 Å². The average molecular weight is 220 g/mol. The maximum atomic E-state index is 11.5. The van der Waals surface area contributed by atoms with Crippen LogP contribution in [0.2, 0.25) is 0 Å². The first-order valence-corrected chi connectivity index (χ1v) is 5.43. The fourth-order valence-corrected chi connectivity index (χ4v) is 2.05. The molecule has 0 radical (unpaired) electrons. The summed E-state index contributed by atoms with van der Waals surface area (Å²) in [5.74, 6) is 0.549. The third-order valence-corrected chi connectivity index (χ3v) is 3.25. The van der Waals surface area contributed by atoms with Gasteiger partial charge < -0.3 is 9.47 Å². The molecule has 2 rings (SSSR count). The highest BCUT2D eigenvalue weighted by atomic mass is 16.5. The zero-order chi connectivity index (χ0) is 11.7. The number of methoxy groups -OCH3 is 1. The van der Waals surface area contributed by atoms with Crippen LogP contribution in [-0.4, -0.2) is 19.7 Å². The first-order chi connectivity index (χ1) is 7.63. The van der Waals surface area contributed by atoms with Crippen LogP contribution in [0.1, 0.15) is 16.7 Å². The second-order valence-corrected chi connectivity index (χ2v) is 4.22. The minimum Gasteiger partial charge on any atom is -0.492 e. The molecule has 1 aliphatic rings. The van der Waals surface area contributed by atoms with Gasteiger partial charge >= 0.3 is 5.97 Å². The molecule has 0 saturated heterocycles. The van der Waals surface area contributed by atoms with Gasteiger partial charge in [-0.2, -0.15) is 0 Å². The van der Waals surface area contributed by atoms with Gasteiger partial charge in [0.05, 0.1) is 13.0 Å². The van der Waals surface area contributed by atoms with E-state index in [2.05, 4.69) is 13.8 Å². The van der Waals surface area contributed by atoms with E-state index in [1.54, 1.807) is 0 Å². The smallest absolute Gasteiger partial charge is 0.312 e. The van der Waals surface area contributed by atoms with Gasteiger partial charge in [0.15, 0.2) is 0 Å². The van der Waals surface area contributed by atoms with Gasteiger partial charge in [-0.25, -0.2) is 0 Å². The third-order valence-electron chi connectivity index (χ3n) is 3.25. The third kappa shape index (κ3) is 1.77. The SMILES string of the molecule is COC(=O)C1COc2ccc(C)c(C)c2C1. The van der Waals surface area contributed by atoms with Crippen LogP contribution in [0, 0.1) is 19.8 Å². The van der Waals surface area contributed by atoms with E-state index in [0.717, 1.165) is 17.7 Å². The first-order valence-electron chi connectivity index (χ1n) is 5.43. The second-order valence-electron chi connectivity index (χ2n) is 4.22. The number of aryl methyl sites for hydroxylation is 1. The summed E-state index contributed by atoms with van der Waals surface area (Å²) >= 11 is 0. The fraction of sp³-hybridized carbons (Fsp3) is 0.462. The Bertz CT molecular complexity index is 423. The van der Waals surface area contributed by atoms with Gasteiger partial charge in [-0.1, -0.05) is 6.07 Å².